The molecule has 140 valence electrons. The van der Waals surface area contributed by atoms with Crippen molar-refractivity contribution in [2.75, 3.05) is 33.3 Å². The van der Waals surface area contributed by atoms with Gasteiger partial charge in [0.1, 0.15) is 0 Å². The molecule has 0 aliphatic carbocycles. The monoisotopic (exact) mass is 356 g/mol. The molecule has 0 atom stereocenters. The number of benzene rings is 2. The van der Waals surface area contributed by atoms with E-state index >= 15 is 0 Å². The summed E-state index contributed by atoms with van der Waals surface area (Å²) in [5.74, 6) is -0.628. The van der Waals surface area contributed by atoms with Crippen molar-refractivity contribution < 1.29 is 19.1 Å². The van der Waals surface area contributed by atoms with E-state index in [4.69, 9.17) is 4.74 Å². The number of carbonyl (C=O) groups excluding carboxylic acids is 1. The van der Waals surface area contributed by atoms with Crippen LogP contribution in [0.5, 0.6) is 0 Å². The molecule has 2 aromatic carbocycles. The zero-order valence-electron chi connectivity index (χ0n) is 16.0. The molecule has 0 heterocycles. The van der Waals surface area contributed by atoms with Crippen LogP contribution in [0, 0.1) is 0 Å². The van der Waals surface area contributed by atoms with Crippen molar-refractivity contribution >= 4 is 5.97 Å². The largest absolute Gasteiger partial charge is 0.463 e. The van der Waals surface area contributed by atoms with Crippen LogP contribution in [-0.2, 0) is 15.1 Å². The molecule has 0 saturated carbocycles. The third-order valence-electron chi connectivity index (χ3n) is 5.28. The van der Waals surface area contributed by atoms with Gasteiger partial charge in [-0.3, -0.25) is 0 Å². The Balaban J connectivity index is 2.13. The van der Waals surface area contributed by atoms with Crippen molar-refractivity contribution in [1.29, 1.82) is 0 Å². The van der Waals surface area contributed by atoms with Gasteiger partial charge in [-0.2, -0.15) is 0 Å². The van der Waals surface area contributed by atoms with Gasteiger partial charge < -0.3 is 14.3 Å². The second kappa shape index (κ2) is 8.97. The summed E-state index contributed by atoms with van der Waals surface area (Å²) in [4.78, 5) is 12.9. The molecule has 0 spiro atoms. The number of nitrogens with zero attached hydrogens (tertiary/aromatic N) is 1. The molecule has 2 rings (SSSR count). The third-order valence-corrected chi connectivity index (χ3v) is 5.28. The van der Waals surface area contributed by atoms with Crippen LogP contribution in [0.2, 0.25) is 0 Å². The summed E-state index contributed by atoms with van der Waals surface area (Å²) in [6.07, 6.45) is 0.767. The molecule has 1 N–H and O–H groups in total. The summed E-state index contributed by atoms with van der Waals surface area (Å²) >= 11 is 0. The normalized spacial score (nSPS) is 12.0. The molecule has 0 aliphatic rings. The fourth-order valence-electron chi connectivity index (χ4n) is 3.02. The fraction of sp³-hybridized carbons (Fsp3) is 0.409. The molecule has 0 fully saturated rings. The first kappa shape index (κ1) is 20.1. The maximum atomic E-state index is 12.9. The topological polar surface area (TPSA) is 46.5 Å². The fourth-order valence-corrected chi connectivity index (χ4v) is 3.02. The molecular weight excluding hydrogens is 326 g/mol. The lowest BCUT2D eigenvalue weighted by atomic mass is 9.86. The first-order chi connectivity index (χ1) is 12.5. The first-order valence-electron chi connectivity index (χ1n) is 9.30. The Morgan fingerprint density at radius 3 is 1.85 bits per heavy atom. The van der Waals surface area contributed by atoms with Gasteiger partial charge in [0.25, 0.3) is 0 Å². The number of ether oxygens (including phenoxy) is 1. The highest BCUT2D eigenvalue weighted by Gasteiger charge is 2.41. The van der Waals surface area contributed by atoms with Crippen molar-refractivity contribution in [3.05, 3.63) is 71.8 Å². The third kappa shape index (κ3) is 4.51. The number of aliphatic hydroxyl groups is 1. The van der Waals surface area contributed by atoms with Crippen LogP contribution in [0.4, 0.5) is 0 Å². The van der Waals surface area contributed by atoms with Crippen molar-refractivity contribution in [2.45, 2.75) is 25.9 Å². The highest BCUT2D eigenvalue weighted by atomic mass is 16.5. The number of rotatable bonds is 9. The van der Waals surface area contributed by atoms with Gasteiger partial charge in [0.15, 0.2) is 0 Å². The Kier molecular flexibility index (Phi) is 6.95. The lowest BCUT2D eigenvalue weighted by Crippen LogP contribution is -2.45. The van der Waals surface area contributed by atoms with E-state index in [1.165, 1.54) is 0 Å². The van der Waals surface area contributed by atoms with Crippen molar-refractivity contribution in [1.82, 2.24) is 0 Å². The first-order valence-corrected chi connectivity index (χ1v) is 9.30. The minimum atomic E-state index is -1.80. The quantitative estimate of drug-likeness (QED) is 0.426. The molecular formula is C22H30NO3+. The average molecular weight is 356 g/mol. The van der Waals surface area contributed by atoms with Crippen LogP contribution in [0.1, 0.15) is 31.4 Å². The van der Waals surface area contributed by atoms with E-state index in [9.17, 15) is 9.90 Å². The summed E-state index contributed by atoms with van der Waals surface area (Å²) in [6.45, 7) is 7.66. The molecule has 4 heteroatoms. The summed E-state index contributed by atoms with van der Waals surface area (Å²) in [5, 5.41) is 11.3. The predicted molar refractivity (Wildman–Crippen MR) is 104 cm³/mol. The summed E-state index contributed by atoms with van der Waals surface area (Å²) in [7, 11) is 2.20. The standard InChI is InChI=1S/C22H30NO3/c1-4-23(3,5-2)17-12-18-26-21(24)22(25,19-13-8-6-9-14-19)20-15-10-7-11-16-20/h6-11,13-16,25H,4-5,12,17-18H2,1-3H3/q+1. The number of carbonyl (C=O) groups is 1. The van der Waals surface area contributed by atoms with E-state index < -0.39 is 11.6 Å². The molecule has 0 saturated heterocycles. The van der Waals surface area contributed by atoms with E-state index in [1.807, 2.05) is 36.4 Å². The van der Waals surface area contributed by atoms with Crippen LogP contribution >= 0.6 is 0 Å². The minimum absolute atomic E-state index is 0.300. The Hall–Kier alpha value is -2.17. The molecule has 26 heavy (non-hydrogen) atoms. The molecule has 0 bridgehead atoms. The second-order valence-corrected chi connectivity index (χ2v) is 6.91. The highest BCUT2D eigenvalue weighted by Crippen LogP contribution is 2.31. The summed E-state index contributed by atoms with van der Waals surface area (Å²) < 4.78 is 6.45. The molecule has 0 radical (unpaired) electrons. The molecule has 2 aromatic rings. The molecule has 0 aliphatic heterocycles. The number of quaternary nitrogens is 1. The lowest BCUT2D eigenvalue weighted by molar-refractivity contribution is -0.906. The SMILES string of the molecule is CC[N+](C)(CC)CCCOC(=O)C(O)(c1ccccc1)c1ccccc1. The van der Waals surface area contributed by atoms with E-state index in [-0.39, 0.29) is 0 Å². The highest BCUT2D eigenvalue weighted by molar-refractivity contribution is 5.85. The van der Waals surface area contributed by atoms with Gasteiger partial charge in [-0.1, -0.05) is 60.7 Å². The van der Waals surface area contributed by atoms with Gasteiger partial charge >= 0.3 is 5.97 Å². The van der Waals surface area contributed by atoms with Crippen LogP contribution in [-0.4, -0.2) is 48.8 Å². The van der Waals surface area contributed by atoms with Crippen LogP contribution in [0.3, 0.4) is 0 Å². The van der Waals surface area contributed by atoms with Crippen molar-refractivity contribution in [2.24, 2.45) is 0 Å². The van der Waals surface area contributed by atoms with Gasteiger partial charge in [-0.25, -0.2) is 4.79 Å². The van der Waals surface area contributed by atoms with Crippen LogP contribution in [0.15, 0.2) is 60.7 Å². The molecule has 4 nitrogen and oxygen atoms in total. The smallest absolute Gasteiger partial charge is 0.347 e. The van der Waals surface area contributed by atoms with E-state index in [2.05, 4.69) is 20.9 Å². The number of esters is 1. The minimum Gasteiger partial charge on any atom is -0.463 e. The van der Waals surface area contributed by atoms with E-state index in [0.717, 1.165) is 30.5 Å². The van der Waals surface area contributed by atoms with Crippen LogP contribution < -0.4 is 0 Å². The van der Waals surface area contributed by atoms with Crippen molar-refractivity contribution in [3.8, 4) is 0 Å². The van der Waals surface area contributed by atoms with Gasteiger partial charge in [-0.05, 0) is 25.0 Å². The van der Waals surface area contributed by atoms with E-state index in [0.29, 0.717) is 17.7 Å². The second-order valence-electron chi connectivity index (χ2n) is 6.91. The maximum absolute atomic E-state index is 12.9. The molecule has 0 unspecified atom stereocenters. The lowest BCUT2D eigenvalue weighted by Gasteiger charge is -2.32. The molecule has 0 amide bonds. The Morgan fingerprint density at radius 2 is 1.42 bits per heavy atom. The van der Waals surface area contributed by atoms with Crippen molar-refractivity contribution in [3.63, 3.8) is 0 Å². The van der Waals surface area contributed by atoms with Gasteiger partial charge in [-0.15, -0.1) is 0 Å². The van der Waals surface area contributed by atoms with E-state index in [1.54, 1.807) is 24.3 Å². The average Bonchev–Trinajstić information content (AvgIpc) is 2.71. The Labute approximate surface area is 156 Å². The maximum Gasteiger partial charge on any atom is 0.347 e. The number of hydrogen-bond acceptors (Lipinski definition) is 3. The van der Waals surface area contributed by atoms with Gasteiger partial charge in [0, 0.05) is 6.42 Å². The predicted octanol–water partition coefficient (Wildman–Crippen LogP) is 3.34. The Morgan fingerprint density at radius 1 is 0.962 bits per heavy atom. The molecule has 0 aromatic heterocycles. The number of hydrogen-bond donors (Lipinski definition) is 1. The van der Waals surface area contributed by atoms with Gasteiger partial charge in [0.2, 0.25) is 5.60 Å². The van der Waals surface area contributed by atoms with Gasteiger partial charge in [0.05, 0.1) is 33.3 Å². The zero-order valence-corrected chi connectivity index (χ0v) is 16.0. The van der Waals surface area contributed by atoms with Crippen LogP contribution in [0.25, 0.3) is 0 Å². The zero-order chi connectivity index (χ0) is 19.0. The Bertz CT molecular complexity index is 642. The summed E-state index contributed by atoms with van der Waals surface area (Å²) in [6, 6.07) is 17.9. The summed E-state index contributed by atoms with van der Waals surface area (Å²) in [5.41, 5.74) is -0.770.